The van der Waals surface area contributed by atoms with Crippen molar-refractivity contribution in [3.63, 3.8) is 0 Å². The fourth-order valence-electron chi connectivity index (χ4n) is 4.09. The quantitative estimate of drug-likeness (QED) is 0.692. The molecule has 132 valence electrons. The molecule has 0 saturated carbocycles. The number of nitrogens with one attached hydrogen (secondary N) is 1. The Morgan fingerprint density at radius 3 is 2.19 bits per heavy atom. The van der Waals surface area contributed by atoms with E-state index in [2.05, 4.69) is 104 Å². The molecule has 0 spiro atoms. The predicted molar refractivity (Wildman–Crippen MR) is 109 cm³/mol. The van der Waals surface area contributed by atoms with Gasteiger partial charge in [0, 0.05) is 16.6 Å². The van der Waals surface area contributed by atoms with Crippen molar-refractivity contribution in [2.75, 3.05) is 0 Å². The third-order valence-corrected chi connectivity index (χ3v) is 4.87. The van der Waals surface area contributed by atoms with Crippen LogP contribution in [0.15, 0.2) is 60.7 Å². The molecule has 3 heteroatoms. The van der Waals surface area contributed by atoms with Gasteiger partial charge >= 0.3 is 0 Å². The molecule has 1 aliphatic heterocycles. The molecule has 1 N–H and O–H groups in total. The Kier molecular flexibility index (Phi) is 3.92. The Labute approximate surface area is 155 Å². The van der Waals surface area contributed by atoms with Gasteiger partial charge in [0.1, 0.15) is 0 Å². The Balaban J connectivity index is 1.67. The van der Waals surface area contributed by atoms with Crippen LogP contribution in [0.25, 0.3) is 27.6 Å². The number of fused-ring (bicyclic) bond motifs is 1. The van der Waals surface area contributed by atoms with Gasteiger partial charge in [0.25, 0.3) is 0 Å². The second-order valence-corrected chi connectivity index (χ2v) is 8.44. The number of benzene rings is 2. The van der Waals surface area contributed by atoms with Gasteiger partial charge in [0.15, 0.2) is 0 Å². The lowest BCUT2D eigenvalue weighted by Crippen LogP contribution is -2.53. The topological polar surface area (TPSA) is 37.8 Å². The SMILES string of the molecule is CC1(C)C=C(c2ccc(-c3ccc4ccccc4c3)nn2)CC(C)(C)N1. The molecule has 2 aromatic carbocycles. The highest BCUT2D eigenvalue weighted by Gasteiger charge is 2.32. The number of rotatable bonds is 2. The zero-order valence-electron chi connectivity index (χ0n) is 15.9. The summed E-state index contributed by atoms with van der Waals surface area (Å²) in [6.45, 7) is 8.87. The number of hydrogen-bond donors (Lipinski definition) is 1. The summed E-state index contributed by atoms with van der Waals surface area (Å²) in [4.78, 5) is 0. The summed E-state index contributed by atoms with van der Waals surface area (Å²) in [6, 6.07) is 19.0. The van der Waals surface area contributed by atoms with Crippen LogP contribution >= 0.6 is 0 Å². The summed E-state index contributed by atoms with van der Waals surface area (Å²) in [5.41, 5.74) is 4.24. The molecular weight excluding hydrogens is 318 g/mol. The van der Waals surface area contributed by atoms with Gasteiger partial charge < -0.3 is 5.32 Å². The summed E-state index contributed by atoms with van der Waals surface area (Å²) < 4.78 is 0. The van der Waals surface area contributed by atoms with Gasteiger partial charge in [-0.25, -0.2) is 0 Å². The van der Waals surface area contributed by atoms with E-state index in [4.69, 9.17) is 0 Å². The first-order chi connectivity index (χ1) is 12.3. The highest BCUT2D eigenvalue weighted by Crippen LogP contribution is 2.33. The van der Waals surface area contributed by atoms with Gasteiger partial charge in [-0.1, -0.05) is 42.5 Å². The maximum Gasteiger partial charge on any atom is 0.0930 e. The van der Waals surface area contributed by atoms with E-state index < -0.39 is 0 Å². The summed E-state index contributed by atoms with van der Waals surface area (Å²) in [5.74, 6) is 0. The molecule has 0 amide bonds. The Bertz CT molecular complexity index is 982. The summed E-state index contributed by atoms with van der Waals surface area (Å²) in [7, 11) is 0. The third-order valence-electron chi connectivity index (χ3n) is 4.87. The zero-order valence-corrected chi connectivity index (χ0v) is 15.9. The van der Waals surface area contributed by atoms with Crippen molar-refractivity contribution in [3.8, 4) is 11.3 Å². The fourth-order valence-corrected chi connectivity index (χ4v) is 4.09. The van der Waals surface area contributed by atoms with E-state index >= 15 is 0 Å². The first kappa shape index (κ1) is 16.9. The van der Waals surface area contributed by atoms with Crippen LogP contribution in [0.2, 0.25) is 0 Å². The highest BCUT2D eigenvalue weighted by atomic mass is 15.1. The van der Waals surface area contributed by atoms with Crippen molar-refractivity contribution in [1.82, 2.24) is 15.5 Å². The average Bonchev–Trinajstić information content (AvgIpc) is 2.59. The average molecular weight is 343 g/mol. The minimum Gasteiger partial charge on any atom is -0.303 e. The Morgan fingerprint density at radius 2 is 1.50 bits per heavy atom. The monoisotopic (exact) mass is 343 g/mol. The molecule has 0 radical (unpaired) electrons. The molecule has 1 aromatic heterocycles. The maximum atomic E-state index is 4.54. The van der Waals surface area contributed by atoms with Crippen molar-refractivity contribution in [3.05, 3.63) is 66.4 Å². The molecular formula is C23H25N3. The van der Waals surface area contributed by atoms with E-state index in [-0.39, 0.29) is 11.1 Å². The van der Waals surface area contributed by atoms with Crippen LogP contribution < -0.4 is 5.32 Å². The molecule has 3 nitrogen and oxygen atoms in total. The van der Waals surface area contributed by atoms with Crippen molar-refractivity contribution >= 4 is 16.3 Å². The van der Waals surface area contributed by atoms with E-state index in [0.29, 0.717) is 0 Å². The lowest BCUT2D eigenvalue weighted by Gasteiger charge is -2.41. The van der Waals surface area contributed by atoms with E-state index in [1.807, 2.05) is 0 Å². The molecule has 0 saturated heterocycles. The van der Waals surface area contributed by atoms with Gasteiger partial charge in [-0.05, 0) is 68.7 Å². The third kappa shape index (κ3) is 3.40. The molecule has 0 unspecified atom stereocenters. The molecule has 0 aliphatic carbocycles. The van der Waals surface area contributed by atoms with Crippen molar-refractivity contribution in [2.45, 2.75) is 45.2 Å². The normalized spacial score (nSPS) is 18.5. The van der Waals surface area contributed by atoms with Gasteiger partial charge in [-0.3, -0.25) is 0 Å². The van der Waals surface area contributed by atoms with Crippen LogP contribution in [-0.2, 0) is 0 Å². The zero-order chi connectivity index (χ0) is 18.4. The highest BCUT2D eigenvalue weighted by molar-refractivity contribution is 5.86. The van der Waals surface area contributed by atoms with Crippen LogP contribution in [0.1, 0.15) is 39.8 Å². The van der Waals surface area contributed by atoms with Crippen LogP contribution in [-0.4, -0.2) is 21.3 Å². The molecule has 4 rings (SSSR count). The molecule has 26 heavy (non-hydrogen) atoms. The van der Waals surface area contributed by atoms with Gasteiger partial charge in [-0.2, -0.15) is 5.10 Å². The first-order valence-corrected chi connectivity index (χ1v) is 9.16. The van der Waals surface area contributed by atoms with Crippen LogP contribution in [0.3, 0.4) is 0 Å². The fraction of sp³-hybridized carbons (Fsp3) is 0.304. The summed E-state index contributed by atoms with van der Waals surface area (Å²) in [5, 5.41) is 15.2. The van der Waals surface area contributed by atoms with Gasteiger partial charge in [-0.15, -0.1) is 5.10 Å². The van der Waals surface area contributed by atoms with E-state index in [1.165, 1.54) is 16.3 Å². The van der Waals surface area contributed by atoms with Crippen molar-refractivity contribution < 1.29 is 0 Å². The minimum absolute atomic E-state index is 0.0459. The standard InChI is InChI=1S/C23H25N3/c1-22(2)14-19(15-23(3,4)26-22)21-12-11-20(24-25-21)18-10-9-16-7-5-6-8-17(16)13-18/h5-14,26H,15H2,1-4H3. The molecule has 2 heterocycles. The Hall–Kier alpha value is -2.52. The predicted octanol–water partition coefficient (Wildman–Crippen LogP) is 5.23. The number of nitrogens with zero attached hydrogens (tertiary/aromatic N) is 2. The van der Waals surface area contributed by atoms with Gasteiger partial charge in [0.2, 0.25) is 0 Å². The maximum absolute atomic E-state index is 4.54. The van der Waals surface area contributed by atoms with E-state index in [9.17, 15) is 0 Å². The van der Waals surface area contributed by atoms with Gasteiger partial charge in [0.05, 0.1) is 11.4 Å². The van der Waals surface area contributed by atoms with Crippen LogP contribution in [0, 0.1) is 0 Å². The van der Waals surface area contributed by atoms with Crippen LogP contribution in [0.4, 0.5) is 0 Å². The Morgan fingerprint density at radius 1 is 0.808 bits per heavy atom. The smallest absolute Gasteiger partial charge is 0.0930 e. The summed E-state index contributed by atoms with van der Waals surface area (Å²) in [6.07, 6.45) is 3.22. The van der Waals surface area contributed by atoms with Crippen molar-refractivity contribution in [2.24, 2.45) is 0 Å². The lowest BCUT2D eigenvalue weighted by atomic mass is 9.82. The minimum atomic E-state index is -0.0459. The molecule has 0 bridgehead atoms. The summed E-state index contributed by atoms with van der Waals surface area (Å²) >= 11 is 0. The molecule has 0 atom stereocenters. The lowest BCUT2D eigenvalue weighted by molar-refractivity contribution is 0.297. The van der Waals surface area contributed by atoms with E-state index in [1.54, 1.807) is 0 Å². The van der Waals surface area contributed by atoms with E-state index in [0.717, 1.165) is 23.4 Å². The molecule has 0 fully saturated rings. The second kappa shape index (κ2) is 6.03. The molecule has 1 aliphatic rings. The first-order valence-electron chi connectivity index (χ1n) is 9.16. The second-order valence-electron chi connectivity index (χ2n) is 8.44. The van der Waals surface area contributed by atoms with Crippen molar-refractivity contribution in [1.29, 1.82) is 0 Å². The largest absolute Gasteiger partial charge is 0.303 e. The van der Waals surface area contributed by atoms with Crippen LogP contribution in [0.5, 0.6) is 0 Å². The molecule has 3 aromatic rings. The number of hydrogen-bond acceptors (Lipinski definition) is 3. The number of aromatic nitrogens is 2.